The zero-order chi connectivity index (χ0) is 20.1. The summed E-state index contributed by atoms with van der Waals surface area (Å²) in [6.45, 7) is 1.98. The molecule has 2 aromatic carbocycles. The average Bonchev–Trinajstić information content (AvgIpc) is 3.13. The Bertz CT molecular complexity index is 903. The van der Waals surface area contributed by atoms with Crippen LogP contribution in [-0.2, 0) is 9.59 Å². The zero-order valence-electron chi connectivity index (χ0n) is 15.3. The van der Waals surface area contributed by atoms with Crippen molar-refractivity contribution in [2.45, 2.75) is 25.9 Å². The van der Waals surface area contributed by atoms with Crippen molar-refractivity contribution in [3.63, 3.8) is 0 Å². The van der Waals surface area contributed by atoms with E-state index in [1.165, 1.54) is 25.1 Å². The first-order valence-corrected chi connectivity index (χ1v) is 8.88. The number of ether oxygens (including phenoxy) is 1. The van der Waals surface area contributed by atoms with Crippen molar-refractivity contribution < 1.29 is 23.5 Å². The molecule has 7 nitrogen and oxygen atoms in total. The quantitative estimate of drug-likeness (QED) is 0.773. The van der Waals surface area contributed by atoms with Crippen molar-refractivity contribution in [2.24, 2.45) is 0 Å². The van der Waals surface area contributed by atoms with E-state index in [0.29, 0.717) is 18.7 Å². The summed E-state index contributed by atoms with van der Waals surface area (Å²) in [6.07, 6.45) is 0.140. The Labute approximate surface area is 161 Å². The van der Waals surface area contributed by atoms with Crippen LogP contribution in [0.1, 0.15) is 30.1 Å². The van der Waals surface area contributed by atoms with E-state index in [1.807, 2.05) is 0 Å². The van der Waals surface area contributed by atoms with E-state index in [9.17, 15) is 18.8 Å². The predicted molar refractivity (Wildman–Crippen MR) is 100 cm³/mol. The van der Waals surface area contributed by atoms with Crippen molar-refractivity contribution >= 4 is 23.4 Å². The summed E-state index contributed by atoms with van der Waals surface area (Å²) in [6, 6.07) is 12.4. The van der Waals surface area contributed by atoms with Crippen LogP contribution in [0.15, 0.2) is 48.5 Å². The van der Waals surface area contributed by atoms with Crippen molar-refractivity contribution in [2.75, 3.05) is 11.4 Å². The lowest BCUT2D eigenvalue weighted by atomic mass is 10.1. The Kier molecular flexibility index (Phi) is 5.88. The molecule has 2 aromatic rings. The van der Waals surface area contributed by atoms with Crippen LogP contribution >= 0.6 is 0 Å². The fraction of sp³-hybridized carbons (Fsp3) is 0.250. The van der Waals surface area contributed by atoms with E-state index in [0.717, 1.165) is 6.42 Å². The molecule has 0 radical (unpaired) electrons. The van der Waals surface area contributed by atoms with Gasteiger partial charge in [0.1, 0.15) is 0 Å². The third-order valence-electron chi connectivity index (χ3n) is 4.32. The SMILES string of the molecule is C[C@@H](Oc1ccccc1F)C(=O)NNC(=O)c1ccccc1N1CCCC1=O. The molecule has 1 aliphatic rings. The molecule has 1 saturated heterocycles. The number of rotatable bonds is 5. The first kappa shape index (κ1) is 19.3. The minimum Gasteiger partial charge on any atom is -0.478 e. The van der Waals surface area contributed by atoms with Crippen molar-refractivity contribution in [1.82, 2.24) is 10.9 Å². The van der Waals surface area contributed by atoms with E-state index in [4.69, 9.17) is 4.74 Å². The van der Waals surface area contributed by atoms with E-state index < -0.39 is 23.7 Å². The Morgan fingerprint density at radius 3 is 2.54 bits per heavy atom. The van der Waals surface area contributed by atoms with Crippen LogP contribution < -0.4 is 20.5 Å². The molecule has 1 fully saturated rings. The number of hydrogen-bond donors (Lipinski definition) is 2. The second kappa shape index (κ2) is 8.51. The highest BCUT2D eigenvalue weighted by Gasteiger charge is 2.26. The summed E-state index contributed by atoms with van der Waals surface area (Å²) in [5.74, 6) is -1.91. The molecule has 0 aromatic heterocycles. The molecule has 146 valence electrons. The second-order valence-corrected chi connectivity index (χ2v) is 6.30. The number of carbonyl (C=O) groups excluding carboxylic acids is 3. The lowest BCUT2D eigenvalue weighted by molar-refractivity contribution is -0.128. The zero-order valence-corrected chi connectivity index (χ0v) is 15.3. The number of nitrogens with one attached hydrogen (secondary N) is 2. The highest BCUT2D eigenvalue weighted by atomic mass is 19.1. The molecule has 8 heteroatoms. The molecule has 1 atom stereocenters. The number of halogens is 1. The van der Waals surface area contributed by atoms with Crippen molar-refractivity contribution in [1.29, 1.82) is 0 Å². The van der Waals surface area contributed by atoms with Gasteiger partial charge in [0.2, 0.25) is 5.91 Å². The first-order valence-electron chi connectivity index (χ1n) is 8.88. The van der Waals surface area contributed by atoms with E-state index in [2.05, 4.69) is 10.9 Å². The minimum absolute atomic E-state index is 0.0452. The van der Waals surface area contributed by atoms with Crippen LogP contribution in [0.25, 0.3) is 0 Å². The lowest BCUT2D eigenvalue weighted by Crippen LogP contribution is -2.47. The van der Waals surface area contributed by atoms with Gasteiger partial charge in [0.25, 0.3) is 11.8 Å². The van der Waals surface area contributed by atoms with Gasteiger partial charge in [0, 0.05) is 13.0 Å². The number of benzene rings is 2. The summed E-state index contributed by atoms with van der Waals surface area (Å²) in [4.78, 5) is 38.2. The van der Waals surface area contributed by atoms with Crippen molar-refractivity contribution in [3.05, 3.63) is 59.9 Å². The van der Waals surface area contributed by atoms with Crippen LogP contribution in [-0.4, -0.2) is 30.4 Å². The Hall–Kier alpha value is -3.42. The van der Waals surface area contributed by atoms with Gasteiger partial charge < -0.3 is 9.64 Å². The molecule has 3 rings (SSSR count). The van der Waals surface area contributed by atoms with Crippen LogP contribution in [0.2, 0.25) is 0 Å². The summed E-state index contributed by atoms with van der Waals surface area (Å²) in [5.41, 5.74) is 5.33. The van der Waals surface area contributed by atoms with Crippen LogP contribution in [0, 0.1) is 5.82 Å². The molecular weight excluding hydrogens is 365 g/mol. The number of anilines is 1. The monoisotopic (exact) mass is 385 g/mol. The van der Waals surface area contributed by atoms with Gasteiger partial charge in [0.15, 0.2) is 17.7 Å². The average molecular weight is 385 g/mol. The number of carbonyl (C=O) groups is 3. The Morgan fingerprint density at radius 1 is 1.11 bits per heavy atom. The lowest BCUT2D eigenvalue weighted by Gasteiger charge is -2.20. The number of para-hydroxylation sites is 2. The van der Waals surface area contributed by atoms with Gasteiger partial charge >= 0.3 is 0 Å². The molecular formula is C20H20FN3O4. The van der Waals surface area contributed by atoms with Gasteiger partial charge in [-0.1, -0.05) is 24.3 Å². The number of hydrogen-bond acceptors (Lipinski definition) is 4. The smallest absolute Gasteiger partial charge is 0.279 e. The normalized spacial score (nSPS) is 14.5. The van der Waals surface area contributed by atoms with Gasteiger partial charge in [-0.2, -0.15) is 0 Å². The molecule has 2 N–H and O–H groups in total. The minimum atomic E-state index is -1.03. The maximum absolute atomic E-state index is 13.6. The molecule has 28 heavy (non-hydrogen) atoms. The summed E-state index contributed by atoms with van der Waals surface area (Å²) < 4.78 is 18.9. The molecule has 1 aliphatic heterocycles. The third kappa shape index (κ3) is 4.28. The maximum atomic E-state index is 13.6. The van der Waals surface area contributed by atoms with Crippen LogP contribution in [0.3, 0.4) is 0 Å². The maximum Gasteiger partial charge on any atom is 0.279 e. The van der Waals surface area contributed by atoms with E-state index in [1.54, 1.807) is 35.2 Å². The van der Waals surface area contributed by atoms with Gasteiger partial charge in [-0.25, -0.2) is 4.39 Å². The largest absolute Gasteiger partial charge is 0.478 e. The van der Waals surface area contributed by atoms with Gasteiger partial charge in [0.05, 0.1) is 11.3 Å². The number of amides is 3. The fourth-order valence-electron chi connectivity index (χ4n) is 2.88. The van der Waals surface area contributed by atoms with Crippen LogP contribution in [0.5, 0.6) is 5.75 Å². The molecule has 0 saturated carbocycles. The predicted octanol–water partition coefficient (Wildman–Crippen LogP) is 2.18. The highest BCUT2D eigenvalue weighted by Crippen LogP contribution is 2.25. The number of nitrogens with zero attached hydrogens (tertiary/aromatic N) is 1. The highest BCUT2D eigenvalue weighted by molar-refractivity contribution is 6.05. The summed E-state index contributed by atoms with van der Waals surface area (Å²) >= 11 is 0. The topological polar surface area (TPSA) is 87.7 Å². The summed E-state index contributed by atoms with van der Waals surface area (Å²) in [5, 5.41) is 0. The second-order valence-electron chi connectivity index (χ2n) is 6.30. The molecule has 0 spiro atoms. The molecule has 0 unspecified atom stereocenters. The van der Waals surface area contributed by atoms with E-state index in [-0.39, 0.29) is 17.2 Å². The molecule has 1 heterocycles. The van der Waals surface area contributed by atoms with Crippen LogP contribution in [0.4, 0.5) is 10.1 Å². The van der Waals surface area contributed by atoms with Gasteiger partial charge in [-0.3, -0.25) is 25.2 Å². The molecule has 0 bridgehead atoms. The fourth-order valence-corrected chi connectivity index (χ4v) is 2.88. The standard InChI is InChI=1S/C20H20FN3O4/c1-13(28-17-10-5-3-8-15(17)21)19(26)22-23-20(27)14-7-2-4-9-16(14)24-12-6-11-18(24)25/h2-5,7-10,13H,6,11-12H2,1H3,(H,22,26)(H,23,27)/t13-/m1/s1. The Morgan fingerprint density at radius 2 is 1.82 bits per heavy atom. The van der Waals surface area contributed by atoms with Gasteiger partial charge in [-0.15, -0.1) is 0 Å². The third-order valence-corrected chi connectivity index (χ3v) is 4.32. The molecule has 0 aliphatic carbocycles. The molecule has 3 amide bonds. The number of hydrazine groups is 1. The summed E-state index contributed by atoms with van der Waals surface area (Å²) in [7, 11) is 0. The Balaban J connectivity index is 1.62. The van der Waals surface area contributed by atoms with Gasteiger partial charge in [-0.05, 0) is 37.6 Å². The first-order chi connectivity index (χ1) is 13.5. The van der Waals surface area contributed by atoms with E-state index >= 15 is 0 Å². The van der Waals surface area contributed by atoms with Crippen molar-refractivity contribution in [3.8, 4) is 5.75 Å².